The quantitative estimate of drug-likeness (QED) is 0.541. The Kier molecular flexibility index (Phi) is 6.36. The third-order valence-corrected chi connectivity index (χ3v) is 7.11. The van der Waals surface area contributed by atoms with E-state index in [1.165, 1.54) is 35.4 Å². The van der Waals surface area contributed by atoms with E-state index in [2.05, 4.69) is 41.3 Å². The van der Waals surface area contributed by atoms with E-state index in [1.807, 2.05) is 6.07 Å². The summed E-state index contributed by atoms with van der Waals surface area (Å²) < 4.78 is 7.91. The van der Waals surface area contributed by atoms with E-state index in [0.717, 1.165) is 25.3 Å². The molecule has 2 fully saturated rings. The van der Waals surface area contributed by atoms with Crippen molar-refractivity contribution in [3.8, 4) is 0 Å². The van der Waals surface area contributed by atoms with E-state index in [0.29, 0.717) is 12.5 Å². The van der Waals surface area contributed by atoms with Crippen LogP contribution in [0.3, 0.4) is 0 Å². The number of thiazole rings is 1. The predicted molar refractivity (Wildman–Crippen MR) is 98.4 cm³/mol. The zero-order valence-electron chi connectivity index (χ0n) is 15.2. The number of benzene rings is 1. The first-order chi connectivity index (χ1) is 12.2. The Morgan fingerprint density at radius 3 is 2.73 bits per heavy atom. The lowest BCUT2D eigenvalue weighted by Gasteiger charge is -2.19. The van der Waals surface area contributed by atoms with Crippen molar-refractivity contribution >= 4 is 17.3 Å². The van der Waals surface area contributed by atoms with Crippen molar-refractivity contribution < 1.29 is 26.5 Å². The third kappa shape index (κ3) is 4.12. The lowest BCUT2D eigenvalue weighted by Crippen LogP contribution is -3.00. The van der Waals surface area contributed by atoms with Crippen LogP contribution >= 0.6 is 11.3 Å². The Hall–Kier alpha value is -1.39. The molecule has 1 heterocycles. The molecule has 2 saturated carbocycles. The molecule has 3 unspecified atom stereocenters. The fourth-order valence-electron chi connectivity index (χ4n) is 4.51. The summed E-state index contributed by atoms with van der Waals surface area (Å²) >= 11 is 1.76. The number of carbonyl (C=O) groups excluding carboxylic acids is 1. The third-order valence-electron chi connectivity index (χ3n) is 5.97. The summed E-state index contributed by atoms with van der Waals surface area (Å²) in [5.74, 6) is 1.64. The fourth-order valence-corrected chi connectivity index (χ4v) is 5.49. The van der Waals surface area contributed by atoms with Gasteiger partial charge in [0.2, 0.25) is 5.51 Å². The number of fused-ring (bicyclic) bond motifs is 2. The van der Waals surface area contributed by atoms with Gasteiger partial charge in [-0.15, -0.1) is 0 Å². The van der Waals surface area contributed by atoms with E-state index in [1.54, 1.807) is 11.3 Å². The van der Waals surface area contributed by atoms with Crippen molar-refractivity contribution in [2.24, 2.45) is 17.8 Å². The van der Waals surface area contributed by atoms with Crippen LogP contribution in [0.5, 0.6) is 0 Å². The minimum atomic E-state index is 0. The largest absolute Gasteiger partial charge is 1.00 e. The van der Waals surface area contributed by atoms with E-state index >= 15 is 0 Å². The van der Waals surface area contributed by atoms with Crippen LogP contribution in [0.4, 0.5) is 0 Å². The van der Waals surface area contributed by atoms with Gasteiger partial charge in [-0.2, -0.15) is 4.57 Å². The van der Waals surface area contributed by atoms with Gasteiger partial charge < -0.3 is 17.1 Å². The van der Waals surface area contributed by atoms with Crippen LogP contribution in [-0.2, 0) is 22.5 Å². The maximum absolute atomic E-state index is 12.3. The van der Waals surface area contributed by atoms with E-state index in [4.69, 9.17) is 4.74 Å². The Labute approximate surface area is 165 Å². The van der Waals surface area contributed by atoms with Gasteiger partial charge in [-0.3, -0.25) is 4.79 Å². The highest BCUT2D eigenvalue weighted by atomic mass is 35.5. The van der Waals surface area contributed by atoms with Crippen LogP contribution in [0.25, 0.3) is 0 Å². The second kappa shape index (κ2) is 8.53. The molecule has 26 heavy (non-hydrogen) atoms. The molecule has 3 nitrogen and oxygen atoms in total. The highest BCUT2D eigenvalue weighted by Gasteiger charge is 2.43. The van der Waals surface area contributed by atoms with Gasteiger partial charge in [-0.25, -0.2) is 0 Å². The zero-order chi connectivity index (χ0) is 17.2. The molecular weight excluding hydrogens is 366 g/mol. The zero-order valence-corrected chi connectivity index (χ0v) is 16.8. The minimum absolute atomic E-state index is 0. The standard InChI is InChI=1S/C21H26NO2S.ClH/c1-15-20(25-14-22(15)13-16-5-3-2-4-6-16)9-10-24-21(23)19-12-17-7-8-18(19)11-17;/h2-6,14,17-19H,7-13H2,1H3;1H/q+1;/p-1. The molecule has 140 valence electrons. The first kappa shape index (κ1) is 19.4. The van der Waals surface area contributed by atoms with Crippen molar-refractivity contribution in [1.82, 2.24) is 0 Å². The average Bonchev–Trinajstić information content (AvgIpc) is 3.34. The molecule has 2 aliphatic carbocycles. The molecule has 3 atom stereocenters. The predicted octanol–water partition coefficient (Wildman–Crippen LogP) is 0.918. The number of ether oxygens (including phenoxy) is 1. The monoisotopic (exact) mass is 391 g/mol. The summed E-state index contributed by atoms with van der Waals surface area (Å²) in [6.45, 7) is 3.57. The van der Waals surface area contributed by atoms with Crippen molar-refractivity contribution in [2.45, 2.75) is 45.6 Å². The van der Waals surface area contributed by atoms with Crippen molar-refractivity contribution in [3.05, 3.63) is 52.0 Å². The maximum atomic E-state index is 12.3. The maximum Gasteiger partial charge on any atom is 0.309 e. The molecule has 0 saturated heterocycles. The number of esters is 1. The van der Waals surface area contributed by atoms with E-state index in [9.17, 15) is 4.79 Å². The molecule has 0 spiro atoms. The summed E-state index contributed by atoms with van der Waals surface area (Å²) in [6, 6.07) is 10.5. The molecule has 2 aliphatic rings. The Balaban J connectivity index is 0.00000196. The number of hydrogen-bond donors (Lipinski definition) is 0. The average molecular weight is 392 g/mol. The molecule has 2 aromatic rings. The number of rotatable bonds is 6. The van der Waals surface area contributed by atoms with Crippen LogP contribution in [0.1, 0.15) is 41.8 Å². The van der Waals surface area contributed by atoms with Gasteiger partial charge in [-0.1, -0.05) is 48.1 Å². The van der Waals surface area contributed by atoms with Gasteiger partial charge in [0.05, 0.1) is 17.4 Å². The SMILES string of the molecule is Cc1c(CCOC(=O)C2CC3CCC2C3)sc[n+]1Cc1ccccc1.[Cl-]. The van der Waals surface area contributed by atoms with Crippen molar-refractivity contribution in [2.75, 3.05) is 6.61 Å². The molecule has 0 amide bonds. The molecule has 1 aromatic carbocycles. The molecule has 0 aliphatic heterocycles. The van der Waals surface area contributed by atoms with Crippen LogP contribution in [0, 0.1) is 24.7 Å². The normalized spacial score (nSPS) is 23.7. The number of nitrogens with zero attached hydrogens (tertiary/aromatic N) is 1. The number of aromatic nitrogens is 1. The van der Waals surface area contributed by atoms with Gasteiger partial charge in [0.15, 0.2) is 12.2 Å². The van der Waals surface area contributed by atoms with Crippen molar-refractivity contribution in [3.63, 3.8) is 0 Å². The lowest BCUT2D eigenvalue weighted by atomic mass is 9.89. The molecule has 0 radical (unpaired) electrons. The molecule has 0 N–H and O–H groups in total. The second-order valence-corrected chi connectivity index (χ2v) is 8.48. The minimum Gasteiger partial charge on any atom is -1.00 e. The summed E-state index contributed by atoms with van der Waals surface area (Å²) in [6.07, 6.45) is 5.70. The van der Waals surface area contributed by atoms with Crippen LogP contribution in [0.15, 0.2) is 35.8 Å². The Morgan fingerprint density at radius 1 is 1.23 bits per heavy atom. The second-order valence-electron chi connectivity index (χ2n) is 7.54. The number of carbonyl (C=O) groups is 1. The number of halogens is 1. The first-order valence-corrected chi connectivity index (χ1v) is 10.3. The molecule has 4 rings (SSSR count). The Morgan fingerprint density at radius 2 is 2.04 bits per heavy atom. The molecule has 1 aromatic heterocycles. The molecular formula is C21H26ClNO2S. The topological polar surface area (TPSA) is 30.2 Å². The fraction of sp³-hybridized carbons (Fsp3) is 0.524. The van der Waals surface area contributed by atoms with Gasteiger partial charge in [0.25, 0.3) is 0 Å². The van der Waals surface area contributed by atoms with Crippen LogP contribution < -0.4 is 17.0 Å². The molecule has 5 heteroatoms. The van der Waals surface area contributed by atoms with E-state index < -0.39 is 0 Å². The summed E-state index contributed by atoms with van der Waals surface area (Å²) in [4.78, 5) is 13.6. The van der Waals surface area contributed by atoms with Crippen LogP contribution in [-0.4, -0.2) is 12.6 Å². The van der Waals surface area contributed by atoms with Gasteiger partial charge >= 0.3 is 5.97 Å². The van der Waals surface area contributed by atoms with Gasteiger partial charge in [0.1, 0.15) is 0 Å². The smallest absolute Gasteiger partial charge is 0.309 e. The Bertz CT molecular complexity index is 746. The number of hydrogen-bond acceptors (Lipinski definition) is 3. The van der Waals surface area contributed by atoms with Gasteiger partial charge in [-0.05, 0) is 31.1 Å². The molecule has 2 bridgehead atoms. The van der Waals surface area contributed by atoms with Gasteiger partial charge in [0, 0.05) is 18.9 Å². The van der Waals surface area contributed by atoms with E-state index in [-0.39, 0.29) is 24.3 Å². The first-order valence-electron chi connectivity index (χ1n) is 9.37. The van der Waals surface area contributed by atoms with Crippen molar-refractivity contribution in [1.29, 1.82) is 0 Å². The lowest BCUT2D eigenvalue weighted by molar-refractivity contribution is -0.689. The summed E-state index contributed by atoms with van der Waals surface area (Å²) in [5, 5.41) is 0. The summed E-state index contributed by atoms with van der Waals surface area (Å²) in [5.41, 5.74) is 4.77. The summed E-state index contributed by atoms with van der Waals surface area (Å²) in [7, 11) is 0. The highest BCUT2D eigenvalue weighted by molar-refractivity contribution is 7.09. The highest BCUT2D eigenvalue weighted by Crippen LogP contribution is 2.48. The van der Waals surface area contributed by atoms with Crippen LogP contribution in [0.2, 0.25) is 0 Å².